The molecule has 3 unspecified atom stereocenters. The number of amides is 1. The standard InChI is InChI=1S/C47H93NO4/c1-3-5-7-9-11-13-15-17-18-19-20-21-22-23-24-25-26-27-28-30-32-34-36-38-40-42-46(51)48-44(43-49)47(52)45(50)41-39-37-35-33-31-29-16-14-12-10-8-6-4-2/h23-24,44-45,47,49-50,52H,3-22,25-43H2,1-2H3,(H,48,51)/b24-23-. The van der Waals surface area contributed by atoms with E-state index < -0.39 is 18.2 Å². The average molecular weight is 736 g/mol. The van der Waals surface area contributed by atoms with E-state index in [0.29, 0.717) is 12.8 Å². The lowest BCUT2D eigenvalue weighted by molar-refractivity contribution is -0.124. The fourth-order valence-electron chi connectivity index (χ4n) is 7.45. The molecule has 0 aromatic rings. The van der Waals surface area contributed by atoms with Crippen LogP contribution in [-0.4, -0.2) is 46.1 Å². The molecular weight excluding hydrogens is 643 g/mol. The van der Waals surface area contributed by atoms with E-state index in [0.717, 1.165) is 38.5 Å². The molecule has 0 heterocycles. The molecule has 5 heteroatoms. The molecule has 0 aliphatic rings. The van der Waals surface area contributed by atoms with Crippen molar-refractivity contribution in [3.05, 3.63) is 12.2 Å². The number of carbonyl (C=O) groups is 1. The fraction of sp³-hybridized carbons (Fsp3) is 0.936. The molecule has 0 saturated carbocycles. The van der Waals surface area contributed by atoms with Crippen LogP contribution in [0.4, 0.5) is 0 Å². The van der Waals surface area contributed by atoms with E-state index in [4.69, 9.17) is 0 Å². The van der Waals surface area contributed by atoms with Gasteiger partial charge in [0.1, 0.15) is 6.10 Å². The Kier molecular flexibility index (Phi) is 42.1. The Labute approximate surface area is 325 Å². The van der Waals surface area contributed by atoms with E-state index in [-0.39, 0.29) is 12.5 Å². The van der Waals surface area contributed by atoms with E-state index in [9.17, 15) is 20.1 Å². The second-order valence-electron chi connectivity index (χ2n) is 16.3. The van der Waals surface area contributed by atoms with Gasteiger partial charge >= 0.3 is 0 Å². The fourth-order valence-corrected chi connectivity index (χ4v) is 7.45. The molecule has 3 atom stereocenters. The Morgan fingerprint density at radius 3 is 1.12 bits per heavy atom. The Balaban J connectivity index is 3.55. The summed E-state index contributed by atoms with van der Waals surface area (Å²) >= 11 is 0. The van der Waals surface area contributed by atoms with E-state index in [1.54, 1.807) is 0 Å². The lowest BCUT2D eigenvalue weighted by Gasteiger charge is -2.26. The summed E-state index contributed by atoms with van der Waals surface area (Å²) in [5.41, 5.74) is 0. The van der Waals surface area contributed by atoms with Crippen molar-refractivity contribution < 1.29 is 20.1 Å². The molecule has 0 aliphatic carbocycles. The zero-order valence-electron chi connectivity index (χ0n) is 35.2. The monoisotopic (exact) mass is 736 g/mol. The average Bonchev–Trinajstić information content (AvgIpc) is 3.15. The molecule has 0 rings (SSSR count). The van der Waals surface area contributed by atoms with Gasteiger partial charge in [-0.15, -0.1) is 0 Å². The van der Waals surface area contributed by atoms with E-state index in [1.807, 2.05) is 0 Å². The molecule has 0 bridgehead atoms. The van der Waals surface area contributed by atoms with Crippen LogP contribution in [0, 0.1) is 0 Å². The quantitative estimate of drug-likeness (QED) is 0.0371. The Bertz CT molecular complexity index is 728. The summed E-state index contributed by atoms with van der Waals surface area (Å²) in [6.07, 6.45) is 50.5. The summed E-state index contributed by atoms with van der Waals surface area (Å²) in [5.74, 6) is -0.144. The Morgan fingerprint density at radius 1 is 0.462 bits per heavy atom. The lowest BCUT2D eigenvalue weighted by atomic mass is 9.99. The number of hydrogen-bond donors (Lipinski definition) is 4. The maximum atomic E-state index is 12.4. The van der Waals surface area contributed by atoms with Crippen molar-refractivity contribution >= 4 is 5.91 Å². The minimum absolute atomic E-state index is 0.144. The normalized spacial score (nSPS) is 13.6. The minimum atomic E-state index is -1.13. The van der Waals surface area contributed by atoms with Crippen molar-refractivity contribution in [1.29, 1.82) is 0 Å². The first-order chi connectivity index (χ1) is 25.6. The molecule has 0 spiro atoms. The Morgan fingerprint density at radius 2 is 0.769 bits per heavy atom. The minimum Gasteiger partial charge on any atom is -0.394 e. The maximum absolute atomic E-state index is 12.4. The molecule has 4 N–H and O–H groups in total. The number of nitrogens with one attached hydrogen (secondary N) is 1. The molecule has 5 nitrogen and oxygen atoms in total. The first-order valence-corrected chi connectivity index (χ1v) is 23.5. The Hall–Kier alpha value is -0.910. The van der Waals surface area contributed by atoms with Crippen molar-refractivity contribution in [2.24, 2.45) is 0 Å². The summed E-state index contributed by atoms with van der Waals surface area (Å²) in [7, 11) is 0. The summed E-state index contributed by atoms with van der Waals surface area (Å²) in [6, 6.07) is -0.806. The first kappa shape index (κ1) is 51.1. The van der Waals surface area contributed by atoms with Crippen LogP contribution < -0.4 is 5.32 Å². The smallest absolute Gasteiger partial charge is 0.220 e. The summed E-state index contributed by atoms with van der Waals surface area (Å²) in [5, 5.41) is 33.5. The molecule has 0 saturated heterocycles. The third-order valence-electron chi connectivity index (χ3n) is 11.1. The molecule has 0 aromatic heterocycles. The van der Waals surface area contributed by atoms with Gasteiger partial charge in [-0.25, -0.2) is 0 Å². The van der Waals surface area contributed by atoms with Crippen LogP contribution >= 0.6 is 0 Å². The van der Waals surface area contributed by atoms with Gasteiger partial charge in [-0.1, -0.05) is 225 Å². The van der Waals surface area contributed by atoms with E-state index >= 15 is 0 Å². The largest absolute Gasteiger partial charge is 0.394 e. The van der Waals surface area contributed by atoms with Crippen molar-refractivity contribution in [2.75, 3.05) is 6.61 Å². The summed E-state index contributed by atoms with van der Waals surface area (Å²) in [6.45, 7) is 4.19. The molecule has 0 aliphatic heterocycles. The number of aliphatic hydroxyl groups excluding tert-OH is 3. The van der Waals surface area contributed by atoms with E-state index in [1.165, 1.54) is 193 Å². The second kappa shape index (κ2) is 42.8. The van der Waals surface area contributed by atoms with Crippen LogP contribution in [-0.2, 0) is 4.79 Å². The third kappa shape index (κ3) is 37.4. The number of aliphatic hydroxyl groups is 3. The van der Waals surface area contributed by atoms with Crippen molar-refractivity contribution in [3.8, 4) is 0 Å². The number of rotatable bonds is 43. The van der Waals surface area contributed by atoms with Gasteiger partial charge in [0.15, 0.2) is 0 Å². The molecule has 52 heavy (non-hydrogen) atoms. The van der Waals surface area contributed by atoms with Crippen LogP contribution in [0.3, 0.4) is 0 Å². The molecular formula is C47H93NO4. The number of carbonyl (C=O) groups excluding carboxylic acids is 1. The molecule has 0 aromatic carbocycles. The highest BCUT2D eigenvalue weighted by Gasteiger charge is 2.26. The SMILES string of the molecule is CCCCCCCCCCCCCC/C=C\CCCCCCCCCCCC(=O)NC(CO)C(O)C(O)CCCCCCCCCCCCCCC. The predicted molar refractivity (Wildman–Crippen MR) is 227 cm³/mol. The number of allylic oxidation sites excluding steroid dienone is 2. The summed E-state index contributed by atoms with van der Waals surface area (Å²) < 4.78 is 0. The topological polar surface area (TPSA) is 89.8 Å². The maximum Gasteiger partial charge on any atom is 0.220 e. The van der Waals surface area contributed by atoms with Gasteiger partial charge in [-0.05, 0) is 38.5 Å². The van der Waals surface area contributed by atoms with Gasteiger partial charge < -0.3 is 20.6 Å². The molecule has 310 valence electrons. The van der Waals surface area contributed by atoms with Crippen molar-refractivity contribution in [3.63, 3.8) is 0 Å². The molecule has 0 fully saturated rings. The summed E-state index contributed by atoms with van der Waals surface area (Å²) in [4.78, 5) is 12.4. The third-order valence-corrected chi connectivity index (χ3v) is 11.1. The van der Waals surface area contributed by atoms with Crippen molar-refractivity contribution in [1.82, 2.24) is 5.32 Å². The van der Waals surface area contributed by atoms with Crippen LogP contribution in [0.5, 0.6) is 0 Å². The van der Waals surface area contributed by atoms with Crippen LogP contribution in [0.2, 0.25) is 0 Å². The van der Waals surface area contributed by atoms with Crippen LogP contribution in [0.25, 0.3) is 0 Å². The highest BCUT2D eigenvalue weighted by atomic mass is 16.3. The van der Waals surface area contributed by atoms with Crippen LogP contribution in [0.1, 0.15) is 258 Å². The molecule has 0 radical (unpaired) electrons. The highest BCUT2D eigenvalue weighted by Crippen LogP contribution is 2.17. The predicted octanol–water partition coefficient (Wildman–Crippen LogP) is 13.6. The zero-order valence-corrected chi connectivity index (χ0v) is 35.2. The zero-order chi connectivity index (χ0) is 38.0. The lowest BCUT2D eigenvalue weighted by Crippen LogP contribution is -2.50. The van der Waals surface area contributed by atoms with E-state index in [2.05, 4.69) is 31.3 Å². The van der Waals surface area contributed by atoms with Crippen molar-refractivity contribution in [2.45, 2.75) is 276 Å². The van der Waals surface area contributed by atoms with Gasteiger partial charge in [0, 0.05) is 6.42 Å². The van der Waals surface area contributed by atoms with Gasteiger partial charge in [0.05, 0.1) is 18.8 Å². The first-order valence-electron chi connectivity index (χ1n) is 23.5. The highest BCUT2D eigenvalue weighted by molar-refractivity contribution is 5.76. The number of hydrogen-bond acceptors (Lipinski definition) is 4. The second-order valence-corrected chi connectivity index (χ2v) is 16.3. The van der Waals surface area contributed by atoms with Crippen LogP contribution in [0.15, 0.2) is 12.2 Å². The van der Waals surface area contributed by atoms with Gasteiger partial charge in [-0.2, -0.15) is 0 Å². The molecule has 1 amide bonds. The van der Waals surface area contributed by atoms with Gasteiger partial charge in [0.25, 0.3) is 0 Å². The number of unbranched alkanes of at least 4 members (excludes halogenated alkanes) is 33. The van der Waals surface area contributed by atoms with Gasteiger partial charge in [-0.3, -0.25) is 4.79 Å². The van der Waals surface area contributed by atoms with Gasteiger partial charge in [0.2, 0.25) is 5.91 Å².